The summed E-state index contributed by atoms with van der Waals surface area (Å²) >= 11 is 0. The topological polar surface area (TPSA) is 94.9 Å². The number of guanidine groups is 1. The van der Waals surface area contributed by atoms with Gasteiger partial charge < -0.3 is 10.6 Å². The van der Waals surface area contributed by atoms with Gasteiger partial charge in [-0.25, -0.2) is 14.9 Å². The lowest BCUT2D eigenvalue weighted by Gasteiger charge is -2.40. The second-order valence-electron chi connectivity index (χ2n) is 8.76. The van der Waals surface area contributed by atoms with E-state index >= 15 is 0 Å². The fourth-order valence-electron chi connectivity index (χ4n) is 5.35. The number of nitriles is 1. The third-order valence-electron chi connectivity index (χ3n) is 6.99. The highest BCUT2D eigenvalue weighted by molar-refractivity contribution is 5.79. The van der Waals surface area contributed by atoms with Crippen LogP contribution in [0.2, 0.25) is 0 Å². The number of amides is 1. The van der Waals surface area contributed by atoms with Crippen molar-refractivity contribution in [1.82, 2.24) is 9.96 Å². The summed E-state index contributed by atoms with van der Waals surface area (Å²) in [6, 6.07) is 16.2. The molecule has 0 bridgehead atoms. The summed E-state index contributed by atoms with van der Waals surface area (Å²) < 4.78 is 0. The van der Waals surface area contributed by atoms with Crippen LogP contribution >= 0.6 is 0 Å². The quantitative estimate of drug-likeness (QED) is 0.773. The Labute approximate surface area is 181 Å². The van der Waals surface area contributed by atoms with Gasteiger partial charge in [-0.15, -0.1) is 0 Å². The molecule has 2 aliphatic heterocycles. The van der Waals surface area contributed by atoms with Gasteiger partial charge in [0.05, 0.1) is 11.6 Å². The second kappa shape index (κ2) is 6.82. The monoisotopic (exact) mass is 415 g/mol. The Bertz CT molecular complexity index is 1140. The summed E-state index contributed by atoms with van der Waals surface area (Å²) in [6.07, 6.45) is 2.44. The minimum atomic E-state index is -0.852. The number of carbonyl (C=O) groups excluding carboxylic acids is 1. The zero-order valence-corrected chi connectivity index (χ0v) is 17.8. The number of benzene rings is 2. The van der Waals surface area contributed by atoms with Gasteiger partial charge in [0.1, 0.15) is 0 Å². The van der Waals surface area contributed by atoms with Crippen LogP contribution in [0.25, 0.3) is 11.1 Å². The van der Waals surface area contributed by atoms with E-state index in [1.165, 1.54) is 10.6 Å². The van der Waals surface area contributed by atoms with Crippen LogP contribution < -0.4 is 5.73 Å². The van der Waals surface area contributed by atoms with Crippen LogP contribution in [0.4, 0.5) is 0 Å². The molecule has 1 atom stereocenters. The van der Waals surface area contributed by atoms with E-state index in [1.54, 1.807) is 20.0 Å². The van der Waals surface area contributed by atoms with Gasteiger partial charge in [-0.1, -0.05) is 24.3 Å². The predicted octanol–water partition coefficient (Wildman–Crippen LogP) is 2.85. The maximum atomic E-state index is 11.9. The molecule has 2 heterocycles. The van der Waals surface area contributed by atoms with Crippen LogP contribution in [0.1, 0.15) is 42.9 Å². The molecule has 31 heavy (non-hydrogen) atoms. The van der Waals surface area contributed by atoms with Gasteiger partial charge in [0.15, 0.2) is 0 Å². The summed E-state index contributed by atoms with van der Waals surface area (Å²) in [6.45, 7) is 3.08. The molecular formula is C24H25N5O2. The zero-order chi connectivity index (χ0) is 21.8. The lowest BCUT2D eigenvalue weighted by molar-refractivity contribution is -0.177. The van der Waals surface area contributed by atoms with Crippen molar-refractivity contribution < 1.29 is 9.63 Å². The minimum Gasteiger partial charge on any atom is -0.368 e. The maximum Gasteiger partial charge on any atom is 0.219 e. The molecule has 0 radical (unpaired) electrons. The first kappa shape index (κ1) is 19.6. The summed E-state index contributed by atoms with van der Waals surface area (Å²) in [5.41, 5.74) is 10.0. The second-order valence-corrected chi connectivity index (χ2v) is 8.76. The first-order chi connectivity index (χ1) is 14.9. The molecule has 1 aliphatic carbocycles. The third kappa shape index (κ3) is 2.98. The smallest absolute Gasteiger partial charge is 0.219 e. The van der Waals surface area contributed by atoms with Crippen molar-refractivity contribution in [3.63, 3.8) is 0 Å². The number of hydroxylamine groups is 2. The van der Waals surface area contributed by atoms with Crippen molar-refractivity contribution >= 4 is 11.9 Å². The predicted molar refractivity (Wildman–Crippen MR) is 117 cm³/mol. The number of likely N-dealkylation sites (tertiary alicyclic amines) is 1. The molecule has 3 aliphatic rings. The molecule has 1 fully saturated rings. The van der Waals surface area contributed by atoms with E-state index in [-0.39, 0.29) is 11.3 Å². The molecule has 1 saturated heterocycles. The van der Waals surface area contributed by atoms with E-state index in [4.69, 9.17) is 15.6 Å². The van der Waals surface area contributed by atoms with Gasteiger partial charge in [0.25, 0.3) is 0 Å². The summed E-state index contributed by atoms with van der Waals surface area (Å²) in [5.74, 6) is 0.482. The molecule has 158 valence electrons. The largest absolute Gasteiger partial charge is 0.368 e. The van der Waals surface area contributed by atoms with Gasteiger partial charge in [0, 0.05) is 44.5 Å². The van der Waals surface area contributed by atoms with Gasteiger partial charge >= 0.3 is 0 Å². The third-order valence-corrected chi connectivity index (χ3v) is 6.99. The Hall–Kier alpha value is -3.37. The van der Waals surface area contributed by atoms with E-state index < -0.39 is 5.72 Å². The van der Waals surface area contributed by atoms with Crippen molar-refractivity contribution in [3.05, 3.63) is 59.2 Å². The average Bonchev–Trinajstić information content (AvgIpc) is 3.20. The summed E-state index contributed by atoms with van der Waals surface area (Å²) in [5, 5.41) is 10.8. The molecule has 1 unspecified atom stereocenters. The Kier molecular flexibility index (Phi) is 4.31. The molecule has 7 nitrogen and oxygen atoms in total. The molecule has 2 aromatic rings. The van der Waals surface area contributed by atoms with E-state index in [0.29, 0.717) is 17.9 Å². The van der Waals surface area contributed by atoms with Crippen LogP contribution in [0.15, 0.2) is 47.5 Å². The highest BCUT2D eigenvalue weighted by Gasteiger charge is 2.57. The normalized spacial score (nSPS) is 23.7. The number of nitrogens with two attached hydrogens (primary N) is 1. The van der Waals surface area contributed by atoms with Crippen molar-refractivity contribution in [2.75, 3.05) is 20.1 Å². The number of fused-ring (bicyclic) bond motifs is 3. The first-order valence-corrected chi connectivity index (χ1v) is 10.6. The number of aliphatic imine (C=N–C) groups is 1. The number of rotatable bonds is 1. The Morgan fingerprint density at radius 3 is 2.55 bits per heavy atom. The van der Waals surface area contributed by atoms with Crippen molar-refractivity contribution in [2.24, 2.45) is 10.7 Å². The molecule has 0 aromatic heterocycles. The Balaban J connectivity index is 1.61. The van der Waals surface area contributed by atoms with Crippen molar-refractivity contribution in [3.8, 4) is 17.2 Å². The fraction of sp³-hybridized carbons (Fsp3) is 0.375. The van der Waals surface area contributed by atoms with E-state index in [1.807, 2.05) is 23.1 Å². The lowest BCUT2D eigenvalue weighted by atomic mass is 9.73. The van der Waals surface area contributed by atoms with Crippen molar-refractivity contribution in [1.29, 1.82) is 5.26 Å². The summed E-state index contributed by atoms with van der Waals surface area (Å²) in [7, 11) is 1.77. The Morgan fingerprint density at radius 1 is 1.16 bits per heavy atom. The summed E-state index contributed by atoms with van der Waals surface area (Å²) in [4.78, 5) is 24.8. The molecular weight excluding hydrogens is 390 g/mol. The lowest BCUT2D eigenvalue weighted by Crippen LogP contribution is -2.44. The highest BCUT2D eigenvalue weighted by atomic mass is 16.7. The Morgan fingerprint density at radius 2 is 1.90 bits per heavy atom. The van der Waals surface area contributed by atoms with Crippen LogP contribution in [0, 0.1) is 11.3 Å². The molecule has 2 spiro atoms. The zero-order valence-electron chi connectivity index (χ0n) is 17.8. The fourth-order valence-corrected chi connectivity index (χ4v) is 5.35. The molecule has 0 saturated carbocycles. The number of carbonyl (C=O) groups is 1. The first-order valence-electron chi connectivity index (χ1n) is 10.6. The molecule has 5 rings (SSSR count). The maximum absolute atomic E-state index is 11.9. The number of hydrogen-bond acceptors (Lipinski definition) is 6. The molecule has 2 N–H and O–H groups in total. The molecule has 1 amide bonds. The van der Waals surface area contributed by atoms with Crippen LogP contribution in [-0.2, 0) is 20.8 Å². The molecule has 7 heteroatoms. The van der Waals surface area contributed by atoms with Gasteiger partial charge in [-0.05, 0) is 47.7 Å². The van der Waals surface area contributed by atoms with Crippen LogP contribution in [0.5, 0.6) is 0 Å². The average molecular weight is 415 g/mol. The van der Waals surface area contributed by atoms with E-state index in [0.717, 1.165) is 42.6 Å². The number of nitrogens with zero attached hydrogens (tertiary/aromatic N) is 4. The van der Waals surface area contributed by atoms with E-state index in [9.17, 15) is 10.1 Å². The standard InChI is InChI=1S/C24H25N5O2/c1-16(30)29-10-8-23(9-11-29)15-24(27-22(26)28(2)31-24)21-13-19(6-7-20(21)23)18-5-3-4-17(12-18)14-25/h3-7,12-13H,8-11,15H2,1-2H3,(H2,26,27). The van der Waals surface area contributed by atoms with Gasteiger partial charge in [0.2, 0.25) is 17.6 Å². The SMILES string of the molecule is CC(=O)N1CCC2(CC1)CC1(N=C(N)N(C)O1)c1cc(-c3cccc(C#N)c3)ccc12. The number of piperidine rings is 1. The van der Waals surface area contributed by atoms with Crippen LogP contribution in [-0.4, -0.2) is 42.0 Å². The minimum absolute atomic E-state index is 0.108. The van der Waals surface area contributed by atoms with Gasteiger partial charge in [-0.2, -0.15) is 5.26 Å². The van der Waals surface area contributed by atoms with Crippen molar-refractivity contribution in [2.45, 2.75) is 37.3 Å². The molecule has 2 aromatic carbocycles. The number of hydrogen-bond donors (Lipinski definition) is 1. The van der Waals surface area contributed by atoms with E-state index in [2.05, 4.69) is 24.3 Å². The van der Waals surface area contributed by atoms with Gasteiger partial charge in [-0.3, -0.25) is 4.79 Å². The highest BCUT2D eigenvalue weighted by Crippen LogP contribution is 2.57. The van der Waals surface area contributed by atoms with Crippen LogP contribution in [0.3, 0.4) is 0 Å².